The number of hydrogen-bond donors (Lipinski definition) is 1. The second kappa shape index (κ2) is 5.48. The van der Waals surface area contributed by atoms with Crippen LogP contribution in [0, 0.1) is 0 Å². The predicted molar refractivity (Wildman–Crippen MR) is 71.0 cm³/mol. The van der Waals surface area contributed by atoms with Crippen molar-refractivity contribution in [1.82, 2.24) is 5.32 Å². The van der Waals surface area contributed by atoms with Crippen molar-refractivity contribution in [3.63, 3.8) is 0 Å². The molecule has 0 aliphatic heterocycles. The molecule has 2 rings (SSSR count). The van der Waals surface area contributed by atoms with Gasteiger partial charge in [0.15, 0.2) is 0 Å². The van der Waals surface area contributed by atoms with E-state index >= 15 is 0 Å². The molecule has 1 nitrogen and oxygen atoms in total. The van der Waals surface area contributed by atoms with Crippen LogP contribution in [0.5, 0.6) is 0 Å². The van der Waals surface area contributed by atoms with Crippen molar-refractivity contribution in [2.24, 2.45) is 0 Å². The molecule has 3 heteroatoms. The van der Waals surface area contributed by atoms with Gasteiger partial charge in [0.1, 0.15) is 0 Å². The lowest BCUT2D eigenvalue weighted by molar-refractivity contribution is 0.579. The van der Waals surface area contributed by atoms with Gasteiger partial charge in [-0.3, -0.25) is 0 Å². The van der Waals surface area contributed by atoms with Crippen molar-refractivity contribution in [1.29, 1.82) is 0 Å². The van der Waals surface area contributed by atoms with Crippen molar-refractivity contribution in [3.8, 4) is 0 Å². The van der Waals surface area contributed by atoms with E-state index in [9.17, 15) is 0 Å². The summed E-state index contributed by atoms with van der Waals surface area (Å²) in [5.41, 5.74) is 1.26. The number of nitrogens with one attached hydrogen (secondary N) is 1. The van der Waals surface area contributed by atoms with Crippen LogP contribution in [0.3, 0.4) is 0 Å². The number of rotatable bonds is 4. The number of thiophene rings is 1. The first-order valence-electron chi connectivity index (χ1n) is 5.27. The largest absolute Gasteiger partial charge is 0.305 e. The highest BCUT2D eigenvalue weighted by atomic mass is 35.5. The normalized spacial score (nSPS) is 12.6. The van der Waals surface area contributed by atoms with Gasteiger partial charge in [-0.1, -0.05) is 29.8 Å². The van der Waals surface area contributed by atoms with Crippen LogP contribution in [0.15, 0.2) is 41.8 Å². The Balaban J connectivity index is 1.93. The van der Waals surface area contributed by atoms with Crippen LogP contribution < -0.4 is 5.32 Å². The predicted octanol–water partition coefficient (Wildman–Crippen LogP) is 4.25. The monoisotopic (exact) mass is 251 g/mol. The summed E-state index contributed by atoms with van der Waals surface area (Å²) >= 11 is 7.63. The van der Waals surface area contributed by atoms with Crippen LogP contribution in [0.1, 0.15) is 23.4 Å². The maximum absolute atomic E-state index is 5.86. The molecule has 0 aliphatic rings. The van der Waals surface area contributed by atoms with E-state index in [1.165, 1.54) is 10.4 Å². The molecule has 1 heterocycles. The fourth-order valence-electron chi connectivity index (χ4n) is 1.54. The summed E-state index contributed by atoms with van der Waals surface area (Å²) in [6.45, 7) is 3.08. The van der Waals surface area contributed by atoms with E-state index in [1.54, 1.807) is 11.3 Å². The molecule has 0 aliphatic carbocycles. The van der Waals surface area contributed by atoms with E-state index in [0.29, 0.717) is 6.04 Å². The molecule has 1 N–H and O–H groups in total. The second-order valence-corrected chi connectivity index (χ2v) is 5.20. The average molecular weight is 252 g/mol. The molecule has 84 valence electrons. The van der Waals surface area contributed by atoms with Crippen LogP contribution in [-0.2, 0) is 6.54 Å². The van der Waals surface area contributed by atoms with Crippen LogP contribution in [0.4, 0.5) is 0 Å². The Morgan fingerprint density at radius 2 is 2.00 bits per heavy atom. The third-order valence-corrected chi connectivity index (χ3v) is 3.66. The first kappa shape index (κ1) is 11.6. The molecular formula is C13H14ClNS. The Bertz CT molecular complexity index is 422. The summed E-state index contributed by atoms with van der Waals surface area (Å²) < 4.78 is 0. The van der Waals surface area contributed by atoms with Gasteiger partial charge in [-0.05, 0) is 36.1 Å². The Morgan fingerprint density at radius 1 is 1.25 bits per heavy atom. The highest BCUT2D eigenvalue weighted by molar-refractivity contribution is 7.09. The number of hydrogen-bond acceptors (Lipinski definition) is 2. The van der Waals surface area contributed by atoms with Crippen LogP contribution in [0.2, 0.25) is 5.02 Å². The molecule has 1 aromatic carbocycles. The van der Waals surface area contributed by atoms with E-state index in [-0.39, 0.29) is 0 Å². The van der Waals surface area contributed by atoms with E-state index in [1.807, 2.05) is 12.1 Å². The first-order chi connectivity index (χ1) is 7.75. The third-order valence-electron chi connectivity index (χ3n) is 2.53. The first-order valence-corrected chi connectivity index (χ1v) is 6.52. The van der Waals surface area contributed by atoms with Gasteiger partial charge in [0.2, 0.25) is 0 Å². The van der Waals surface area contributed by atoms with E-state index in [0.717, 1.165) is 11.6 Å². The van der Waals surface area contributed by atoms with E-state index in [4.69, 9.17) is 11.6 Å². The molecule has 0 radical (unpaired) electrons. The summed E-state index contributed by atoms with van der Waals surface area (Å²) in [6.07, 6.45) is 0. The lowest BCUT2D eigenvalue weighted by atomic mass is 10.1. The molecule has 0 bridgehead atoms. The zero-order chi connectivity index (χ0) is 11.4. The van der Waals surface area contributed by atoms with Gasteiger partial charge in [-0.25, -0.2) is 0 Å². The summed E-state index contributed by atoms with van der Waals surface area (Å²) in [7, 11) is 0. The highest BCUT2D eigenvalue weighted by Gasteiger charge is 2.04. The molecule has 1 aromatic heterocycles. The molecule has 1 atom stereocenters. The van der Waals surface area contributed by atoms with E-state index < -0.39 is 0 Å². The summed E-state index contributed by atoms with van der Waals surface area (Å²) in [5.74, 6) is 0. The molecular weight excluding hydrogens is 238 g/mol. The Labute approximate surface area is 105 Å². The van der Waals surface area contributed by atoms with Gasteiger partial charge in [-0.15, -0.1) is 11.3 Å². The molecule has 0 amide bonds. The van der Waals surface area contributed by atoms with Crippen LogP contribution in [0.25, 0.3) is 0 Å². The van der Waals surface area contributed by atoms with Crippen LogP contribution in [-0.4, -0.2) is 0 Å². The maximum atomic E-state index is 5.86. The standard InChI is InChI=1S/C13H14ClNS/c1-10(11-4-6-12(14)7-5-11)15-9-13-3-2-8-16-13/h2-8,10,15H,9H2,1H3/t10-/m0/s1. The fourth-order valence-corrected chi connectivity index (χ4v) is 2.32. The van der Waals surface area contributed by atoms with Crippen molar-refractivity contribution < 1.29 is 0 Å². The van der Waals surface area contributed by atoms with Crippen molar-refractivity contribution in [3.05, 3.63) is 57.2 Å². The van der Waals surface area contributed by atoms with Crippen LogP contribution >= 0.6 is 22.9 Å². The van der Waals surface area contributed by atoms with Crippen molar-refractivity contribution in [2.75, 3.05) is 0 Å². The molecule has 0 saturated heterocycles. The lowest BCUT2D eigenvalue weighted by Crippen LogP contribution is -2.17. The van der Waals surface area contributed by atoms with Gasteiger partial charge < -0.3 is 5.32 Å². The minimum Gasteiger partial charge on any atom is -0.305 e. The summed E-state index contributed by atoms with van der Waals surface area (Å²) in [6, 6.07) is 12.6. The van der Waals surface area contributed by atoms with Gasteiger partial charge >= 0.3 is 0 Å². The zero-order valence-corrected chi connectivity index (χ0v) is 10.7. The zero-order valence-electron chi connectivity index (χ0n) is 9.11. The highest BCUT2D eigenvalue weighted by Crippen LogP contribution is 2.17. The van der Waals surface area contributed by atoms with Gasteiger partial charge in [-0.2, -0.15) is 0 Å². The smallest absolute Gasteiger partial charge is 0.0406 e. The van der Waals surface area contributed by atoms with Gasteiger partial charge in [0.05, 0.1) is 0 Å². The van der Waals surface area contributed by atoms with Gasteiger partial charge in [0.25, 0.3) is 0 Å². The second-order valence-electron chi connectivity index (χ2n) is 3.73. The topological polar surface area (TPSA) is 12.0 Å². The fraction of sp³-hybridized carbons (Fsp3) is 0.231. The minimum absolute atomic E-state index is 0.347. The van der Waals surface area contributed by atoms with Crippen molar-refractivity contribution in [2.45, 2.75) is 19.5 Å². The summed E-state index contributed by atoms with van der Waals surface area (Å²) in [4.78, 5) is 1.36. The molecule has 2 aromatic rings. The average Bonchev–Trinajstić information content (AvgIpc) is 2.80. The molecule has 0 spiro atoms. The third kappa shape index (κ3) is 3.08. The van der Waals surface area contributed by atoms with Crippen molar-refractivity contribution >= 4 is 22.9 Å². The van der Waals surface area contributed by atoms with Gasteiger partial charge in [0, 0.05) is 22.5 Å². The maximum Gasteiger partial charge on any atom is 0.0406 e. The molecule has 0 unspecified atom stereocenters. The SMILES string of the molecule is C[C@H](NCc1cccs1)c1ccc(Cl)cc1. The Morgan fingerprint density at radius 3 is 2.62 bits per heavy atom. The molecule has 0 saturated carbocycles. The Hall–Kier alpha value is -0.830. The molecule has 16 heavy (non-hydrogen) atoms. The lowest BCUT2D eigenvalue weighted by Gasteiger charge is -2.13. The quantitative estimate of drug-likeness (QED) is 0.857. The summed E-state index contributed by atoms with van der Waals surface area (Å²) in [5, 5.41) is 6.38. The molecule has 0 fully saturated rings. The number of halogens is 1. The Kier molecular flexibility index (Phi) is 3.99. The number of benzene rings is 1. The van der Waals surface area contributed by atoms with E-state index in [2.05, 4.69) is 41.9 Å². The minimum atomic E-state index is 0.347.